The molecule has 0 spiro atoms. The summed E-state index contributed by atoms with van der Waals surface area (Å²) in [6.07, 6.45) is 0.579. The summed E-state index contributed by atoms with van der Waals surface area (Å²) in [6.45, 7) is 4.34. The van der Waals surface area contributed by atoms with E-state index in [0.29, 0.717) is 55.7 Å². The summed E-state index contributed by atoms with van der Waals surface area (Å²) in [6, 6.07) is 13.0. The second-order valence-electron chi connectivity index (χ2n) is 7.50. The van der Waals surface area contributed by atoms with Crippen LogP contribution in [0, 0.1) is 5.82 Å². The molecule has 0 amide bonds. The molecule has 0 bridgehead atoms. The Kier molecular flexibility index (Phi) is 9.13. The van der Waals surface area contributed by atoms with E-state index in [2.05, 4.69) is 26.6 Å². The zero-order valence-corrected chi connectivity index (χ0v) is 19.1. The maximum absolute atomic E-state index is 13.9. The Balaban J connectivity index is 1.65. The minimum Gasteiger partial charge on any atom is -0.493 e. The molecule has 1 atom stereocenters. The van der Waals surface area contributed by atoms with Crippen molar-refractivity contribution in [3.05, 3.63) is 59.4 Å². The molecule has 174 valence electrons. The van der Waals surface area contributed by atoms with Gasteiger partial charge in [0, 0.05) is 33.2 Å². The SMILES string of the molecule is CN=C(NCCc1ccccc1F)NCC(c1ccc(OC)c(OC)c1)N1CCOCC1. The normalized spacial score (nSPS) is 15.8. The standard InChI is InChI=1S/C24H33FN4O3/c1-26-24(27-11-10-18-6-4-5-7-20(18)25)28-17-21(29-12-14-32-15-13-29)19-8-9-22(30-2)23(16-19)31-3/h4-9,16,21H,10-15,17H2,1-3H3,(H2,26,27,28). The number of guanidine groups is 1. The fourth-order valence-electron chi connectivity index (χ4n) is 3.84. The van der Waals surface area contributed by atoms with Gasteiger partial charge in [-0.15, -0.1) is 0 Å². The van der Waals surface area contributed by atoms with Crippen LogP contribution in [-0.2, 0) is 11.2 Å². The summed E-state index contributed by atoms with van der Waals surface area (Å²) in [5.41, 5.74) is 1.81. The van der Waals surface area contributed by atoms with Crippen molar-refractivity contribution in [2.75, 3.05) is 60.7 Å². The predicted octanol–water partition coefficient (Wildman–Crippen LogP) is 2.62. The number of nitrogens with zero attached hydrogens (tertiary/aromatic N) is 2. The summed E-state index contributed by atoms with van der Waals surface area (Å²) in [5, 5.41) is 6.70. The molecule has 1 fully saturated rings. The first-order valence-electron chi connectivity index (χ1n) is 10.9. The van der Waals surface area contributed by atoms with Crippen molar-refractivity contribution in [2.24, 2.45) is 4.99 Å². The van der Waals surface area contributed by atoms with E-state index in [-0.39, 0.29) is 11.9 Å². The highest BCUT2D eigenvalue weighted by Crippen LogP contribution is 2.32. The van der Waals surface area contributed by atoms with Gasteiger partial charge in [-0.05, 0) is 35.7 Å². The van der Waals surface area contributed by atoms with Crippen LogP contribution in [0.25, 0.3) is 0 Å². The number of halogens is 1. The van der Waals surface area contributed by atoms with Gasteiger partial charge in [-0.1, -0.05) is 24.3 Å². The molecule has 1 aliphatic rings. The zero-order chi connectivity index (χ0) is 22.8. The summed E-state index contributed by atoms with van der Waals surface area (Å²) >= 11 is 0. The van der Waals surface area contributed by atoms with Crippen LogP contribution >= 0.6 is 0 Å². The van der Waals surface area contributed by atoms with Crippen molar-refractivity contribution < 1.29 is 18.6 Å². The monoisotopic (exact) mass is 444 g/mol. The van der Waals surface area contributed by atoms with E-state index in [1.807, 2.05) is 18.2 Å². The van der Waals surface area contributed by atoms with Crippen LogP contribution in [0.2, 0.25) is 0 Å². The van der Waals surface area contributed by atoms with Gasteiger partial charge in [0.05, 0.1) is 33.5 Å². The number of benzene rings is 2. The first-order valence-corrected chi connectivity index (χ1v) is 10.9. The van der Waals surface area contributed by atoms with Gasteiger partial charge < -0.3 is 24.8 Å². The second kappa shape index (κ2) is 12.3. The van der Waals surface area contributed by atoms with Crippen molar-refractivity contribution in [2.45, 2.75) is 12.5 Å². The quantitative estimate of drug-likeness (QED) is 0.458. The lowest BCUT2D eigenvalue weighted by Crippen LogP contribution is -2.46. The lowest BCUT2D eigenvalue weighted by atomic mass is 10.0. The summed E-state index contributed by atoms with van der Waals surface area (Å²) < 4.78 is 30.3. The lowest BCUT2D eigenvalue weighted by Gasteiger charge is -2.35. The smallest absolute Gasteiger partial charge is 0.191 e. The first kappa shape index (κ1) is 23.8. The number of nitrogens with one attached hydrogen (secondary N) is 2. The molecule has 1 aliphatic heterocycles. The molecule has 1 saturated heterocycles. The van der Waals surface area contributed by atoms with Gasteiger partial charge in [0.25, 0.3) is 0 Å². The number of ether oxygens (including phenoxy) is 3. The minimum absolute atomic E-state index is 0.101. The largest absolute Gasteiger partial charge is 0.493 e. The molecule has 0 saturated carbocycles. The average molecular weight is 445 g/mol. The highest BCUT2D eigenvalue weighted by molar-refractivity contribution is 5.79. The van der Waals surface area contributed by atoms with Gasteiger partial charge in [0.15, 0.2) is 17.5 Å². The number of aliphatic imine (C=N–C) groups is 1. The van der Waals surface area contributed by atoms with Gasteiger partial charge >= 0.3 is 0 Å². The van der Waals surface area contributed by atoms with Crippen LogP contribution in [0.1, 0.15) is 17.2 Å². The molecule has 2 aromatic carbocycles. The molecule has 2 aromatic rings. The third kappa shape index (κ3) is 6.34. The maximum atomic E-state index is 13.9. The van der Waals surface area contributed by atoms with Crippen LogP contribution in [0.3, 0.4) is 0 Å². The number of methoxy groups -OCH3 is 2. The van der Waals surface area contributed by atoms with Crippen LogP contribution in [-0.4, -0.2) is 71.5 Å². The third-order valence-corrected chi connectivity index (χ3v) is 5.61. The van der Waals surface area contributed by atoms with Gasteiger partial charge in [-0.3, -0.25) is 9.89 Å². The fraction of sp³-hybridized carbons (Fsp3) is 0.458. The van der Waals surface area contributed by atoms with Crippen LogP contribution in [0.5, 0.6) is 11.5 Å². The van der Waals surface area contributed by atoms with Crippen LogP contribution in [0.4, 0.5) is 4.39 Å². The number of hydrogen-bond donors (Lipinski definition) is 2. The maximum Gasteiger partial charge on any atom is 0.191 e. The van der Waals surface area contributed by atoms with Crippen molar-refractivity contribution in [1.29, 1.82) is 0 Å². The molecule has 0 radical (unpaired) electrons. The molecule has 32 heavy (non-hydrogen) atoms. The molecular weight excluding hydrogens is 411 g/mol. The second-order valence-corrected chi connectivity index (χ2v) is 7.50. The Labute approximate surface area is 189 Å². The zero-order valence-electron chi connectivity index (χ0n) is 19.1. The highest BCUT2D eigenvalue weighted by Gasteiger charge is 2.24. The van der Waals surface area contributed by atoms with Gasteiger partial charge in [-0.25, -0.2) is 4.39 Å². The van der Waals surface area contributed by atoms with E-state index in [1.165, 1.54) is 6.07 Å². The number of morpholine rings is 1. The van der Waals surface area contributed by atoms with E-state index >= 15 is 0 Å². The minimum atomic E-state index is -0.182. The Bertz CT molecular complexity index is 887. The number of hydrogen-bond acceptors (Lipinski definition) is 5. The molecule has 8 heteroatoms. The first-order chi connectivity index (χ1) is 15.7. The molecule has 3 rings (SSSR count). The van der Waals surface area contributed by atoms with Crippen LogP contribution < -0.4 is 20.1 Å². The van der Waals surface area contributed by atoms with Crippen LogP contribution in [0.15, 0.2) is 47.5 Å². The van der Waals surface area contributed by atoms with Gasteiger partial charge in [0.2, 0.25) is 0 Å². The average Bonchev–Trinajstić information content (AvgIpc) is 2.84. The van der Waals surface area contributed by atoms with Gasteiger partial charge in [-0.2, -0.15) is 0 Å². The van der Waals surface area contributed by atoms with E-state index in [4.69, 9.17) is 14.2 Å². The molecule has 0 aliphatic carbocycles. The Morgan fingerprint density at radius 2 is 1.84 bits per heavy atom. The molecule has 7 nitrogen and oxygen atoms in total. The Morgan fingerprint density at radius 1 is 1.09 bits per heavy atom. The summed E-state index contributed by atoms with van der Waals surface area (Å²) in [4.78, 5) is 6.72. The van der Waals surface area contributed by atoms with Crippen molar-refractivity contribution in [3.8, 4) is 11.5 Å². The molecule has 1 heterocycles. The third-order valence-electron chi connectivity index (χ3n) is 5.61. The molecule has 2 N–H and O–H groups in total. The highest BCUT2D eigenvalue weighted by atomic mass is 19.1. The summed E-state index contributed by atoms with van der Waals surface area (Å²) in [5.74, 6) is 1.91. The van der Waals surface area contributed by atoms with E-state index in [0.717, 1.165) is 18.7 Å². The lowest BCUT2D eigenvalue weighted by molar-refractivity contribution is 0.0169. The topological polar surface area (TPSA) is 67.4 Å². The van der Waals surface area contributed by atoms with E-state index in [1.54, 1.807) is 33.4 Å². The molecular formula is C24H33FN4O3. The molecule has 1 unspecified atom stereocenters. The van der Waals surface area contributed by atoms with E-state index < -0.39 is 0 Å². The van der Waals surface area contributed by atoms with Crippen molar-refractivity contribution in [1.82, 2.24) is 15.5 Å². The van der Waals surface area contributed by atoms with Gasteiger partial charge in [0.1, 0.15) is 5.82 Å². The Hall–Kier alpha value is -2.84. The van der Waals surface area contributed by atoms with Crippen molar-refractivity contribution in [3.63, 3.8) is 0 Å². The number of rotatable bonds is 9. The Morgan fingerprint density at radius 3 is 2.53 bits per heavy atom. The molecule has 0 aromatic heterocycles. The summed E-state index contributed by atoms with van der Waals surface area (Å²) in [7, 11) is 5.01. The van der Waals surface area contributed by atoms with Crippen molar-refractivity contribution >= 4 is 5.96 Å². The van der Waals surface area contributed by atoms with E-state index in [9.17, 15) is 4.39 Å². The predicted molar refractivity (Wildman–Crippen MR) is 124 cm³/mol. The fourth-order valence-corrected chi connectivity index (χ4v) is 3.84.